The van der Waals surface area contributed by atoms with Gasteiger partial charge in [-0.3, -0.25) is 0 Å². The van der Waals surface area contributed by atoms with E-state index in [9.17, 15) is 0 Å². The van der Waals surface area contributed by atoms with Gasteiger partial charge in [-0.25, -0.2) is 0 Å². The predicted octanol–water partition coefficient (Wildman–Crippen LogP) is 2.81. The van der Waals surface area contributed by atoms with Crippen molar-refractivity contribution in [2.75, 3.05) is 13.7 Å². The van der Waals surface area contributed by atoms with Crippen LogP contribution in [0.25, 0.3) is 0 Å². The summed E-state index contributed by atoms with van der Waals surface area (Å²) in [5.74, 6) is 1.44. The smallest absolute Gasteiger partial charge is 0.228 e. The summed E-state index contributed by atoms with van der Waals surface area (Å²) in [6.07, 6.45) is 7.50. The van der Waals surface area contributed by atoms with Crippen LogP contribution < -0.4 is 5.32 Å². The highest BCUT2D eigenvalue weighted by molar-refractivity contribution is 5.03. The van der Waals surface area contributed by atoms with Crippen LogP contribution in [0.1, 0.15) is 64.1 Å². The van der Waals surface area contributed by atoms with Gasteiger partial charge < -0.3 is 14.6 Å². The van der Waals surface area contributed by atoms with Crippen molar-refractivity contribution in [1.29, 1.82) is 0 Å². The minimum atomic E-state index is -0.319. The topological polar surface area (TPSA) is 60.2 Å². The molecule has 1 fully saturated rings. The number of nitrogens with one attached hydrogen (secondary N) is 1. The minimum absolute atomic E-state index is 0.319. The van der Waals surface area contributed by atoms with E-state index in [1.165, 1.54) is 19.3 Å². The van der Waals surface area contributed by atoms with Gasteiger partial charge in [-0.1, -0.05) is 31.3 Å². The lowest BCUT2D eigenvalue weighted by molar-refractivity contribution is -0.0527. The standard InChI is InChI=1S/C15H27N3O2/c1-4-10-16-12(2)11-13-17-14(18-20-13)15(19-3)8-6-5-7-9-15/h12,16H,4-11H2,1-3H3. The first kappa shape index (κ1) is 15.4. The van der Waals surface area contributed by atoms with Crippen molar-refractivity contribution in [2.45, 2.75) is 70.4 Å². The molecule has 5 heteroatoms. The lowest BCUT2D eigenvalue weighted by atomic mass is 9.84. The van der Waals surface area contributed by atoms with E-state index in [1.54, 1.807) is 7.11 Å². The molecular formula is C15H27N3O2. The van der Waals surface area contributed by atoms with Crippen molar-refractivity contribution >= 4 is 0 Å². The third-order valence-electron chi connectivity index (χ3n) is 4.15. The average molecular weight is 281 g/mol. The van der Waals surface area contributed by atoms with Gasteiger partial charge in [0, 0.05) is 19.6 Å². The third kappa shape index (κ3) is 3.58. The van der Waals surface area contributed by atoms with Crippen molar-refractivity contribution in [2.24, 2.45) is 0 Å². The maximum atomic E-state index is 5.75. The van der Waals surface area contributed by atoms with Crippen LogP contribution in [0, 0.1) is 0 Å². The van der Waals surface area contributed by atoms with Crippen LogP contribution in [-0.4, -0.2) is 29.8 Å². The zero-order valence-corrected chi connectivity index (χ0v) is 12.9. The highest BCUT2D eigenvalue weighted by Crippen LogP contribution is 2.38. The molecule has 0 aromatic carbocycles. The van der Waals surface area contributed by atoms with Crippen molar-refractivity contribution in [3.63, 3.8) is 0 Å². The molecule has 0 amide bonds. The van der Waals surface area contributed by atoms with Gasteiger partial charge in [0.2, 0.25) is 11.7 Å². The van der Waals surface area contributed by atoms with Crippen LogP contribution >= 0.6 is 0 Å². The van der Waals surface area contributed by atoms with Crippen LogP contribution in [0.2, 0.25) is 0 Å². The van der Waals surface area contributed by atoms with Crippen LogP contribution in [0.5, 0.6) is 0 Å². The molecule has 1 atom stereocenters. The lowest BCUT2D eigenvalue weighted by Crippen LogP contribution is -2.32. The largest absolute Gasteiger partial charge is 0.370 e. The van der Waals surface area contributed by atoms with Crippen molar-refractivity contribution in [3.8, 4) is 0 Å². The van der Waals surface area contributed by atoms with Gasteiger partial charge in [0.15, 0.2) is 0 Å². The molecule has 5 nitrogen and oxygen atoms in total. The van der Waals surface area contributed by atoms with Crippen LogP contribution in [-0.2, 0) is 16.8 Å². The summed E-state index contributed by atoms with van der Waals surface area (Å²) in [4.78, 5) is 4.58. The Morgan fingerprint density at radius 1 is 1.35 bits per heavy atom. The van der Waals surface area contributed by atoms with Crippen molar-refractivity contribution in [1.82, 2.24) is 15.5 Å². The second-order valence-corrected chi connectivity index (χ2v) is 5.83. The molecular weight excluding hydrogens is 254 g/mol. The number of ether oxygens (including phenoxy) is 1. The fraction of sp³-hybridized carbons (Fsp3) is 0.867. The third-order valence-corrected chi connectivity index (χ3v) is 4.15. The number of nitrogens with zero attached hydrogens (tertiary/aromatic N) is 2. The summed E-state index contributed by atoms with van der Waals surface area (Å²) in [7, 11) is 1.76. The molecule has 1 N–H and O–H groups in total. The molecule has 0 bridgehead atoms. The molecule has 1 heterocycles. The van der Waals surface area contributed by atoms with Gasteiger partial charge in [0.25, 0.3) is 0 Å². The number of rotatable bonds is 7. The molecule has 0 saturated heterocycles. The molecule has 2 rings (SSSR count). The Kier molecular flexibility index (Phi) is 5.54. The summed E-state index contributed by atoms with van der Waals surface area (Å²) in [6, 6.07) is 0.355. The second kappa shape index (κ2) is 7.18. The number of aromatic nitrogens is 2. The lowest BCUT2D eigenvalue weighted by Gasteiger charge is -2.32. The molecule has 1 aromatic heterocycles. The first-order valence-electron chi connectivity index (χ1n) is 7.82. The normalized spacial score (nSPS) is 19.9. The highest BCUT2D eigenvalue weighted by atomic mass is 16.5. The maximum absolute atomic E-state index is 5.75. The van der Waals surface area contributed by atoms with E-state index in [0.717, 1.165) is 38.1 Å². The number of hydrogen-bond acceptors (Lipinski definition) is 5. The summed E-state index contributed by atoms with van der Waals surface area (Å²) >= 11 is 0. The van der Waals surface area contributed by atoms with Gasteiger partial charge >= 0.3 is 0 Å². The Bertz CT molecular complexity index is 400. The Morgan fingerprint density at radius 3 is 2.75 bits per heavy atom. The molecule has 114 valence electrons. The molecule has 0 radical (unpaired) electrons. The Balaban J connectivity index is 2.00. The first-order chi connectivity index (χ1) is 9.70. The zero-order chi connectivity index (χ0) is 14.4. The maximum Gasteiger partial charge on any atom is 0.228 e. The van der Waals surface area contributed by atoms with Gasteiger partial charge in [0.1, 0.15) is 5.60 Å². The van der Waals surface area contributed by atoms with E-state index in [1.807, 2.05) is 0 Å². The zero-order valence-electron chi connectivity index (χ0n) is 12.9. The second-order valence-electron chi connectivity index (χ2n) is 5.83. The van der Waals surface area contributed by atoms with Gasteiger partial charge in [-0.2, -0.15) is 4.98 Å². The summed E-state index contributed by atoms with van der Waals surface area (Å²) in [5.41, 5.74) is -0.319. The molecule has 1 aliphatic carbocycles. The Morgan fingerprint density at radius 2 is 2.10 bits per heavy atom. The molecule has 0 spiro atoms. The fourth-order valence-corrected chi connectivity index (χ4v) is 2.89. The van der Waals surface area contributed by atoms with E-state index in [2.05, 4.69) is 29.3 Å². The fourth-order valence-electron chi connectivity index (χ4n) is 2.89. The first-order valence-corrected chi connectivity index (χ1v) is 7.82. The van der Waals surface area contributed by atoms with Crippen molar-refractivity contribution in [3.05, 3.63) is 11.7 Å². The van der Waals surface area contributed by atoms with Crippen LogP contribution in [0.15, 0.2) is 4.52 Å². The van der Waals surface area contributed by atoms with E-state index in [4.69, 9.17) is 9.26 Å². The van der Waals surface area contributed by atoms with E-state index >= 15 is 0 Å². The van der Waals surface area contributed by atoms with E-state index in [0.29, 0.717) is 11.9 Å². The molecule has 1 saturated carbocycles. The molecule has 1 aliphatic rings. The number of hydrogen-bond donors (Lipinski definition) is 1. The predicted molar refractivity (Wildman–Crippen MR) is 77.5 cm³/mol. The Hall–Kier alpha value is -0.940. The molecule has 1 aromatic rings. The van der Waals surface area contributed by atoms with E-state index in [-0.39, 0.29) is 5.60 Å². The van der Waals surface area contributed by atoms with Crippen LogP contribution in [0.4, 0.5) is 0 Å². The van der Waals surface area contributed by atoms with Crippen molar-refractivity contribution < 1.29 is 9.26 Å². The number of methoxy groups -OCH3 is 1. The molecule has 20 heavy (non-hydrogen) atoms. The molecule has 0 aliphatic heterocycles. The Labute approximate surface area is 121 Å². The quantitative estimate of drug-likeness (QED) is 0.832. The SMILES string of the molecule is CCCNC(C)Cc1nc(C2(OC)CCCCC2)no1. The van der Waals surface area contributed by atoms with Crippen LogP contribution in [0.3, 0.4) is 0 Å². The van der Waals surface area contributed by atoms with Gasteiger partial charge in [-0.05, 0) is 32.7 Å². The minimum Gasteiger partial charge on any atom is -0.370 e. The van der Waals surface area contributed by atoms with E-state index < -0.39 is 0 Å². The summed E-state index contributed by atoms with van der Waals surface area (Å²) < 4.78 is 11.2. The van der Waals surface area contributed by atoms with Gasteiger partial charge in [0.05, 0.1) is 0 Å². The highest BCUT2D eigenvalue weighted by Gasteiger charge is 2.38. The monoisotopic (exact) mass is 281 g/mol. The average Bonchev–Trinajstić information content (AvgIpc) is 2.95. The summed E-state index contributed by atoms with van der Waals surface area (Å²) in [5, 5.41) is 7.61. The van der Waals surface area contributed by atoms with Gasteiger partial charge in [-0.15, -0.1) is 0 Å². The molecule has 1 unspecified atom stereocenters. The summed E-state index contributed by atoms with van der Waals surface area (Å²) in [6.45, 7) is 5.33.